The molecule has 0 unspecified atom stereocenters. The van der Waals surface area contributed by atoms with Crippen molar-refractivity contribution in [2.75, 3.05) is 30.8 Å². The molecule has 1 rings (SSSR count). The van der Waals surface area contributed by atoms with Crippen LogP contribution >= 0.6 is 0 Å². The minimum atomic E-state index is 0.0563. The van der Waals surface area contributed by atoms with Crippen molar-refractivity contribution in [1.29, 1.82) is 0 Å². The van der Waals surface area contributed by atoms with Crippen LogP contribution in [-0.2, 0) is 4.79 Å². The van der Waals surface area contributed by atoms with Crippen LogP contribution in [0, 0.1) is 12.8 Å². The van der Waals surface area contributed by atoms with Gasteiger partial charge in [-0.2, -0.15) is 4.98 Å². The molecule has 0 fully saturated rings. The topological polar surface area (TPSA) is 78.9 Å². The molecular weight excluding hydrogens is 242 g/mol. The molecule has 6 nitrogen and oxygen atoms in total. The fraction of sp³-hybridized carbons (Fsp3) is 0.615. The van der Waals surface area contributed by atoms with Gasteiger partial charge < -0.3 is 16.0 Å². The predicted octanol–water partition coefficient (Wildman–Crippen LogP) is 1.40. The Hall–Kier alpha value is -1.85. The maximum atomic E-state index is 11.5. The molecule has 0 atom stereocenters. The molecule has 0 aliphatic heterocycles. The van der Waals surface area contributed by atoms with Gasteiger partial charge in [0.25, 0.3) is 0 Å². The molecule has 1 heterocycles. The number of carbonyl (C=O) groups excluding carboxylic acids is 1. The first-order chi connectivity index (χ1) is 9.01. The van der Waals surface area contributed by atoms with Crippen LogP contribution in [0.5, 0.6) is 0 Å². The van der Waals surface area contributed by atoms with Gasteiger partial charge in [-0.05, 0) is 12.8 Å². The molecule has 0 radical (unpaired) electrons. The average Bonchev–Trinajstić information content (AvgIpc) is 2.35. The first kappa shape index (κ1) is 15.2. The Kier molecular flexibility index (Phi) is 6.05. The summed E-state index contributed by atoms with van der Waals surface area (Å²) in [6.45, 7) is 7.32. The molecule has 1 aromatic rings. The molecule has 6 heteroatoms. The fourth-order valence-electron chi connectivity index (χ4n) is 1.48. The summed E-state index contributed by atoms with van der Waals surface area (Å²) < 4.78 is 0. The van der Waals surface area contributed by atoms with Gasteiger partial charge in [0.05, 0.1) is 0 Å². The van der Waals surface area contributed by atoms with E-state index in [0.29, 0.717) is 24.8 Å². The minimum Gasteiger partial charge on any atom is -0.369 e. The van der Waals surface area contributed by atoms with Gasteiger partial charge in [0.15, 0.2) is 0 Å². The number of carbonyl (C=O) groups is 1. The first-order valence-corrected chi connectivity index (χ1v) is 6.55. The number of aryl methyl sites for hydroxylation is 1. The number of hydrogen-bond acceptors (Lipinski definition) is 5. The van der Waals surface area contributed by atoms with Gasteiger partial charge in [-0.1, -0.05) is 13.8 Å². The molecule has 19 heavy (non-hydrogen) atoms. The summed E-state index contributed by atoms with van der Waals surface area (Å²) in [4.78, 5) is 20.0. The summed E-state index contributed by atoms with van der Waals surface area (Å²) in [5.41, 5.74) is 0.881. The number of amides is 1. The summed E-state index contributed by atoms with van der Waals surface area (Å²) in [6.07, 6.45) is 0.435. The van der Waals surface area contributed by atoms with Crippen LogP contribution in [0.1, 0.15) is 26.0 Å². The molecular formula is C13H23N5O. The second-order valence-electron chi connectivity index (χ2n) is 4.84. The Labute approximate surface area is 114 Å². The summed E-state index contributed by atoms with van der Waals surface area (Å²) in [5, 5.41) is 8.90. The van der Waals surface area contributed by atoms with E-state index in [4.69, 9.17) is 0 Å². The normalized spacial score (nSPS) is 10.4. The molecule has 0 spiro atoms. The lowest BCUT2D eigenvalue weighted by Crippen LogP contribution is -2.28. The third kappa shape index (κ3) is 6.03. The maximum absolute atomic E-state index is 11.5. The van der Waals surface area contributed by atoms with E-state index in [2.05, 4.69) is 39.8 Å². The molecule has 1 aromatic heterocycles. The molecule has 0 aliphatic rings. The van der Waals surface area contributed by atoms with Crippen molar-refractivity contribution < 1.29 is 4.79 Å². The smallest absolute Gasteiger partial charge is 0.224 e. The van der Waals surface area contributed by atoms with Gasteiger partial charge in [-0.3, -0.25) is 4.79 Å². The zero-order chi connectivity index (χ0) is 14.3. The van der Waals surface area contributed by atoms with Crippen molar-refractivity contribution in [3.63, 3.8) is 0 Å². The number of anilines is 2. The van der Waals surface area contributed by atoms with Crippen molar-refractivity contribution in [2.45, 2.75) is 27.2 Å². The molecule has 0 aromatic carbocycles. The van der Waals surface area contributed by atoms with Crippen LogP contribution in [0.3, 0.4) is 0 Å². The zero-order valence-electron chi connectivity index (χ0n) is 12.1. The van der Waals surface area contributed by atoms with Crippen molar-refractivity contribution in [3.05, 3.63) is 11.8 Å². The van der Waals surface area contributed by atoms with Gasteiger partial charge in [0, 0.05) is 38.3 Å². The lowest BCUT2D eigenvalue weighted by atomic mass is 10.2. The first-order valence-electron chi connectivity index (χ1n) is 6.55. The lowest BCUT2D eigenvalue weighted by molar-refractivity contribution is -0.120. The van der Waals surface area contributed by atoms with E-state index >= 15 is 0 Å². The Bertz CT molecular complexity index is 419. The zero-order valence-corrected chi connectivity index (χ0v) is 12.1. The lowest BCUT2D eigenvalue weighted by Gasteiger charge is -2.09. The molecule has 0 bridgehead atoms. The third-order valence-electron chi connectivity index (χ3n) is 2.44. The van der Waals surface area contributed by atoms with Crippen molar-refractivity contribution in [2.24, 2.45) is 5.92 Å². The summed E-state index contributed by atoms with van der Waals surface area (Å²) in [5.74, 6) is 1.83. The molecule has 1 amide bonds. The number of nitrogens with zero attached hydrogens (tertiary/aromatic N) is 2. The van der Waals surface area contributed by atoms with Gasteiger partial charge in [-0.15, -0.1) is 0 Å². The van der Waals surface area contributed by atoms with Gasteiger partial charge in [-0.25, -0.2) is 4.98 Å². The quantitative estimate of drug-likeness (QED) is 0.694. The highest BCUT2D eigenvalue weighted by Crippen LogP contribution is 2.08. The highest BCUT2D eigenvalue weighted by atomic mass is 16.1. The SMILES string of the molecule is CNc1nc(C)cc(NCCC(=O)NCC(C)C)n1. The Balaban J connectivity index is 2.36. The molecule has 0 saturated heterocycles. The predicted molar refractivity (Wildman–Crippen MR) is 77.3 cm³/mol. The Morgan fingerprint density at radius 2 is 2.11 bits per heavy atom. The highest BCUT2D eigenvalue weighted by Gasteiger charge is 2.04. The van der Waals surface area contributed by atoms with Gasteiger partial charge in [0.2, 0.25) is 11.9 Å². The second-order valence-corrected chi connectivity index (χ2v) is 4.84. The fourth-order valence-corrected chi connectivity index (χ4v) is 1.48. The van der Waals surface area contributed by atoms with Crippen LogP contribution in [0.15, 0.2) is 6.07 Å². The van der Waals surface area contributed by atoms with Crippen molar-refractivity contribution >= 4 is 17.7 Å². The average molecular weight is 265 g/mol. The number of aromatic nitrogens is 2. The summed E-state index contributed by atoms with van der Waals surface area (Å²) in [6, 6.07) is 1.85. The minimum absolute atomic E-state index is 0.0563. The van der Waals surface area contributed by atoms with E-state index in [1.807, 2.05) is 13.0 Å². The third-order valence-corrected chi connectivity index (χ3v) is 2.44. The Morgan fingerprint density at radius 1 is 1.37 bits per heavy atom. The standard InChI is InChI=1S/C13H23N5O/c1-9(2)8-16-12(19)5-6-15-11-7-10(3)17-13(14-4)18-11/h7,9H,5-6,8H2,1-4H3,(H,16,19)(H2,14,15,17,18). The van der Waals surface area contributed by atoms with Gasteiger partial charge in [0.1, 0.15) is 5.82 Å². The monoisotopic (exact) mass is 265 g/mol. The summed E-state index contributed by atoms with van der Waals surface area (Å²) in [7, 11) is 1.78. The maximum Gasteiger partial charge on any atom is 0.224 e. The molecule has 0 saturated carbocycles. The molecule has 3 N–H and O–H groups in total. The van der Waals surface area contributed by atoms with E-state index in [0.717, 1.165) is 18.1 Å². The number of hydrogen-bond donors (Lipinski definition) is 3. The Morgan fingerprint density at radius 3 is 2.74 bits per heavy atom. The van der Waals surface area contributed by atoms with Crippen LogP contribution in [0.25, 0.3) is 0 Å². The second kappa shape index (κ2) is 7.56. The summed E-state index contributed by atoms with van der Waals surface area (Å²) >= 11 is 0. The van der Waals surface area contributed by atoms with Crippen LogP contribution < -0.4 is 16.0 Å². The van der Waals surface area contributed by atoms with Crippen LogP contribution in [0.2, 0.25) is 0 Å². The number of nitrogens with one attached hydrogen (secondary N) is 3. The van der Waals surface area contributed by atoms with Crippen molar-refractivity contribution in [3.8, 4) is 0 Å². The van der Waals surface area contributed by atoms with E-state index in [9.17, 15) is 4.79 Å². The van der Waals surface area contributed by atoms with Crippen molar-refractivity contribution in [1.82, 2.24) is 15.3 Å². The number of rotatable bonds is 7. The van der Waals surface area contributed by atoms with E-state index in [-0.39, 0.29) is 5.91 Å². The molecule has 0 aliphatic carbocycles. The highest BCUT2D eigenvalue weighted by molar-refractivity contribution is 5.76. The van der Waals surface area contributed by atoms with Crippen LogP contribution in [0.4, 0.5) is 11.8 Å². The largest absolute Gasteiger partial charge is 0.369 e. The van der Waals surface area contributed by atoms with Crippen LogP contribution in [-0.4, -0.2) is 36.0 Å². The molecule has 106 valence electrons. The van der Waals surface area contributed by atoms with E-state index in [1.165, 1.54) is 0 Å². The van der Waals surface area contributed by atoms with Gasteiger partial charge >= 0.3 is 0 Å². The van der Waals surface area contributed by atoms with E-state index < -0.39 is 0 Å². The van der Waals surface area contributed by atoms with E-state index in [1.54, 1.807) is 7.05 Å².